The molecule has 0 bridgehead atoms. The van der Waals surface area contributed by atoms with E-state index in [0.717, 1.165) is 82.2 Å². The van der Waals surface area contributed by atoms with Crippen LogP contribution in [0.25, 0.3) is 0 Å². The van der Waals surface area contributed by atoms with E-state index in [1.807, 2.05) is 12.1 Å². The van der Waals surface area contributed by atoms with Gasteiger partial charge < -0.3 is 15.5 Å². The number of likely N-dealkylation sites (tertiary alicyclic amines) is 1. The average Bonchev–Trinajstić information content (AvgIpc) is 3.62. The van der Waals surface area contributed by atoms with Gasteiger partial charge in [-0.15, -0.1) is 0 Å². The van der Waals surface area contributed by atoms with Crippen molar-refractivity contribution in [3.05, 3.63) is 29.8 Å². The van der Waals surface area contributed by atoms with E-state index in [4.69, 9.17) is 5.73 Å². The van der Waals surface area contributed by atoms with E-state index in [1.54, 1.807) is 0 Å². The van der Waals surface area contributed by atoms with Gasteiger partial charge in [-0.3, -0.25) is 24.6 Å². The SMILES string of the molecule is NC1CCN([C@H]2CC23CCC(C(=O)N2CCN(c4ccc(C5CCC(=O)NC5=O)cc4)CC2)CC3)CC1. The summed E-state index contributed by atoms with van der Waals surface area (Å²) < 4.78 is 0. The maximum Gasteiger partial charge on any atom is 0.234 e. The van der Waals surface area contributed by atoms with Crippen molar-refractivity contribution in [3.8, 4) is 0 Å². The van der Waals surface area contributed by atoms with Crippen LogP contribution >= 0.6 is 0 Å². The summed E-state index contributed by atoms with van der Waals surface area (Å²) in [5, 5.41) is 2.44. The minimum absolute atomic E-state index is 0.183. The summed E-state index contributed by atoms with van der Waals surface area (Å²) in [6.45, 7) is 5.51. The van der Waals surface area contributed by atoms with Crippen LogP contribution in [-0.2, 0) is 14.4 Å². The van der Waals surface area contributed by atoms with E-state index in [-0.39, 0.29) is 23.7 Å². The number of amides is 3. The molecule has 6 rings (SSSR count). The van der Waals surface area contributed by atoms with Gasteiger partial charge in [-0.05, 0) is 87.6 Å². The first-order chi connectivity index (χ1) is 17.9. The molecule has 200 valence electrons. The number of nitrogens with zero attached hydrogens (tertiary/aromatic N) is 3. The molecule has 5 aliphatic rings. The second kappa shape index (κ2) is 10.0. The fraction of sp³-hybridized carbons (Fsp3) is 0.690. The minimum atomic E-state index is -0.250. The van der Waals surface area contributed by atoms with Crippen molar-refractivity contribution in [2.75, 3.05) is 44.2 Å². The lowest BCUT2D eigenvalue weighted by Gasteiger charge is -2.39. The Labute approximate surface area is 219 Å². The van der Waals surface area contributed by atoms with Gasteiger partial charge in [-0.2, -0.15) is 0 Å². The number of hydrogen-bond acceptors (Lipinski definition) is 6. The molecule has 0 aromatic heterocycles. The van der Waals surface area contributed by atoms with Crippen molar-refractivity contribution in [3.63, 3.8) is 0 Å². The van der Waals surface area contributed by atoms with Crippen molar-refractivity contribution >= 4 is 23.4 Å². The van der Waals surface area contributed by atoms with E-state index in [2.05, 4.69) is 32.1 Å². The number of anilines is 1. The summed E-state index contributed by atoms with van der Waals surface area (Å²) in [6, 6.07) is 9.28. The Balaban J connectivity index is 0.966. The molecule has 3 saturated heterocycles. The molecule has 1 aromatic carbocycles. The Bertz CT molecular complexity index is 1020. The number of rotatable bonds is 4. The van der Waals surface area contributed by atoms with Crippen LogP contribution in [0.15, 0.2) is 24.3 Å². The highest BCUT2D eigenvalue weighted by atomic mass is 16.2. The van der Waals surface area contributed by atoms with Crippen molar-refractivity contribution < 1.29 is 14.4 Å². The molecule has 1 aromatic rings. The highest BCUT2D eigenvalue weighted by Crippen LogP contribution is 2.60. The van der Waals surface area contributed by atoms with Crippen molar-refractivity contribution in [1.29, 1.82) is 0 Å². The molecule has 3 aliphatic heterocycles. The van der Waals surface area contributed by atoms with E-state index >= 15 is 0 Å². The third kappa shape index (κ3) is 5.02. The molecule has 2 atom stereocenters. The first kappa shape index (κ1) is 24.9. The monoisotopic (exact) mass is 507 g/mol. The molecule has 1 spiro atoms. The highest BCUT2D eigenvalue weighted by Gasteiger charge is 2.58. The van der Waals surface area contributed by atoms with E-state index in [9.17, 15) is 14.4 Å². The van der Waals surface area contributed by atoms with Gasteiger partial charge in [0.15, 0.2) is 0 Å². The molecule has 3 N–H and O–H groups in total. The number of imide groups is 1. The fourth-order valence-electron chi connectivity index (χ4n) is 7.42. The lowest BCUT2D eigenvalue weighted by atomic mass is 9.78. The molecule has 8 heteroatoms. The molecule has 8 nitrogen and oxygen atoms in total. The zero-order chi connectivity index (χ0) is 25.6. The number of benzene rings is 1. The Morgan fingerprint density at radius 3 is 2.22 bits per heavy atom. The molecule has 5 fully saturated rings. The summed E-state index contributed by atoms with van der Waals surface area (Å²) in [4.78, 5) is 44.0. The van der Waals surface area contributed by atoms with Gasteiger partial charge in [-0.1, -0.05) is 12.1 Å². The lowest BCUT2D eigenvalue weighted by molar-refractivity contribution is -0.137. The van der Waals surface area contributed by atoms with E-state index in [1.165, 1.54) is 19.3 Å². The Hall–Kier alpha value is -2.45. The lowest BCUT2D eigenvalue weighted by Crippen LogP contribution is -2.51. The zero-order valence-corrected chi connectivity index (χ0v) is 21.9. The van der Waals surface area contributed by atoms with Gasteiger partial charge in [0.1, 0.15) is 0 Å². The number of carbonyl (C=O) groups is 3. The molecule has 3 heterocycles. The molecular weight excluding hydrogens is 466 g/mol. The summed E-state index contributed by atoms with van der Waals surface area (Å²) >= 11 is 0. The summed E-state index contributed by atoms with van der Waals surface area (Å²) in [6.07, 6.45) is 9.05. The van der Waals surface area contributed by atoms with Gasteiger partial charge in [0.25, 0.3) is 0 Å². The topological polar surface area (TPSA) is 99.0 Å². The predicted molar refractivity (Wildman–Crippen MR) is 142 cm³/mol. The van der Waals surface area contributed by atoms with Crippen LogP contribution in [0.2, 0.25) is 0 Å². The van der Waals surface area contributed by atoms with Crippen LogP contribution in [-0.4, -0.2) is 78.9 Å². The van der Waals surface area contributed by atoms with Crippen molar-refractivity contribution in [1.82, 2.24) is 15.1 Å². The van der Waals surface area contributed by atoms with Crippen LogP contribution in [0.3, 0.4) is 0 Å². The first-order valence-electron chi connectivity index (χ1n) is 14.4. The Morgan fingerprint density at radius 2 is 1.57 bits per heavy atom. The maximum absolute atomic E-state index is 13.3. The van der Waals surface area contributed by atoms with Crippen LogP contribution in [0, 0.1) is 11.3 Å². The summed E-state index contributed by atoms with van der Waals surface area (Å²) in [5.41, 5.74) is 8.67. The van der Waals surface area contributed by atoms with Crippen LogP contribution in [0.1, 0.15) is 69.3 Å². The number of piperidine rings is 2. The molecular formula is C29H41N5O3. The molecule has 2 aliphatic carbocycles. The summed E-state index contributed by atoms with van der Waals surface area (Å²) in [5.74, 6) is -0.0687. The number of nitrogens with two attached hydrogens (primary N) is 1. The second-order valence-electron chi connectivity index (χ2n) is 12.1. The smallest absolute Gasteiger partial charge is 0.234 e. The predicted octanol–water partition coefficient (Wildman–Crippen LogP) is 2.23. The van der Waals surface area contributed by atoms with E-state index < -0.39 is 0 Å². The summed E-state index contributed by atoms with van der Waals surface area (Å²) in [7, 11) is 0. The third-order valence-corrected chi connectivity index (χ3v) is 9.98. The number of piperazine rings is 1. The van der Waals surface area contributed by atoms with Crippen molar-refractivity contribution in [2.24, 2.45) is 17.1 Å². The zero-order valence-electron chi connectivity index (χ0n) is 21.9. The number of nitrogens with one attached hydrogen (secondary N) is 1. The van der Waals surface area contributed by atoms with Gasteiger partial charge in [0.2, 0.25) is 17.7 Å². The van der Waals surface area contributed by atoms with Crippen molar-refractivity contribution in [2.45, 2.75) is 75.8 Å². The molecule has 2 saturated carbocycles. The normalized spacial score (nSPS) is 33.5. The third-order valence-electron chi connectivity index (χ3n) is 9.98. The Kier molecular flexibility index (Phi) is 6.74. The van der Waals surface area contributed by atoms with Crippen LogP contribution in [0.5, 0.6) is 0 Å². The largest absolute Gasteiger partial charge is 0.368 e. The molecule has 1 unspecified atom stereocenters. The van der Waals surface area contributed by atoms with E-state index in [0.29, 0.717) is 30.2 Å². The molecule has 37 heavy (non-hydrogen) atoms. The second-order valence-corrected chi connectivity index (χ2v) is 12.1. The van der Waals surface area contributed by atoms with Gasteiger partial charge in [-0.25, -0.2) is 0 Å². The fourth-order valence-corrected chi connectivity index (χ4v) is 7.42. The molecule has 0 radical (unpaired) electrons. The molecule has 3 amide bonds. The van der Waals surface area contributed by atoms with Gasteiger partial charge in [0, 0.05) is 56.3 Å². The first-order valence-corrected chi connectivity index (χ1v) is 14.4. The number of carbonyl (C=O) groups excluding carboxylic acids is 3. The maximum atomic E-state index is 13.3. The highest BCUT2D eigenvalue weighted by molar-refractivity contribution is 6.00. The average molecular weight is 508 g/mol. The van der Waals surface area contributed by atoms with Gasteiger partial charge in [0.05, 0.1) is 5.92 Å². The quantitative estimate of drug-likeness (QED) is 0.607. The standard InChI is InChI=1S/C29H41N5O3/c30-22-9-13-33(14-10-22)25-19-29(25)11-7-21(8-12-29)28(37)34-17-15-32(16-18-34)23-3-1-20(2-4-23)24-5-6-26(35)31-27(24)36/h1-4,21-22,24-25H,5-19,30H2,(H,31,35,36)/t21?,24?,25-,29?/m0/s1. The Morgan fingerprint density at radius 1 is 0.892 bits per heavy atom. The van der Waals surface area contributed by atoms with Crippen LogP contribution < -0.4 is 16.0 Å². The minimum Gasteiger partial charge on any atom is -0.368 e. The number of hydrogen-bond donors (Lipinski definition) is 2. The van der Waals surface area contributed by atoms with Crippen LogP contribution in [0.4, 0.5) is 5.69 Å². The van der Waals surface area contributed by atoms with Gasteiger partial charge >= 0.3 is 0 Å².